The molecule has 1 aromatic carbocycles. The highest BCUT2D eigenvalue weighted by molar-refractivity contribution is 5.99. The number of alkyl carbamates (subject to hydrolysis) is 1. The fourth-order valence-corrected chi connectivity index (χ4v) is 6.01. The van der Waals surface area contributed by atoms with Crippen molar-refractivity contribution in [2.75, 3.05) is 57.3 Å². The number of fused-ring (bicyclic) bond motifs is 1. The van der Waals surface area contributed by atoms with Crippen molar-refractivity contribution in [1.82, 2.24) is 30.2 Å². The van der Waals surface area contributed by atoms with Crippen LogP contribution in [0.5, 0.6) is 0 Å². The lowest BCUT2D eigenvalue weighted by molar-refractivity contribution is -0.136. The second-order valence-electron chi connectivity index (χ2n) is 12.6. The van der Waals surface area contributed by atoms with E-state index in [9.17, 15) is 19.2 Å². The van der Waals surface area contributed by atoms with Crippen molar-refractivity contribution in [1.29, 1.82) is 0 Å². The first-order chi connectivity index (χ1) is 20.0. The highest BCUT2D eigenvalue weighted by atomic mass is 16.6. The number of carbonyl (C=O) groups is 3. The molecule has 12 nitrogen and oxygen atoms in total. The minimum atomic E-state index is -0.772. The van der Waals surface area contributed by atoms with Crippen molar-refractivity contribution in [2.24, 2.45) is 0 Å². The molecule has 2 aromatic rings. The maximum absolute atomic E-state index is 13.2. The number of aryl methyl sites for hydroxylation is 1. The molecule has 12 heteroatoms. The molecule has 3 aliphatic rings. The van der Waals surface area contributed by atoms with Gasteiger partial charge in [0.25, 0.3) is 11.5 Å². The van der Waals surface area contributed by atoms with Gasteiger partial charge in [-0.3, -0.25) is 24.6 Å². The molecule has 1 aromatic heterocycles. The van der Waals surface area contributed by atoms with Crippen molar-refractivity contribution in [2.45, 2.75) is 71.1 Å². The number of rotatable bonds is 6. The van der Waals surface area contributed by atoms with E-state index in [-0.39, 0.29) is 36.4 Å². The fourth-order valence-electron chi connectivity index (χ4n) is 6.01. The number of benzene rings is 1. The van der Waals surface area contributed by atoms with Gasteiger partial charge < -0.3 is 19.9 Å². The van der Waals surface area contributed by atoms with Crippen LogP contribution in [0.3, 0.4) is 0 Å². The molecule has 1 atom stereocenters. The molecule has 0 radical (unpaired) electrons. The number of nitrogens with zero attached hydrogens (tertiary/aromatic N) is 5. The second-order valence-corrected chi connectivity index (χ2v) is 12.6. The molecular weight excluding hydrogens is 538 g/mol. The van der Waals surface area contributed by atoms with Crippen molar-refractivity contribution < 1.29 is 19.1 Å². The first-order valence-corrected chi connectivity index (χ1v) is 15.0. The Morgan fingerprint density at radius 1 is 0.976 bits per heavy atom. The average Bonchev–Trinajstić information content (AvgIpc) is 2.94. The molecular formula is C30H43N7O5. The molecule has 2 N–H and O–H groups in total. The maximum Gasteiger partial charge on any atom is 0.407 e. The molecule has 0 saturated carbocycles. The average molecular weight is 582 g/mol. The molecule has 42 heavy (non-hydrogen) atoms. The summed E-state index contributed by atoms with van der Waals surface area (Å²) in [7, 11) is 0. The molecule has 3 amide bonds. The van der Waals surface area contributed by atoms with E-state index in [2.05, 4.69) is 30.4 Å². The van der Waals surface area contributed by atoms with Crippen molar-refractivity contribution in [3.8, 4) is 0 Å². The van der Waals surface area contributed by atoms with Crippen molar-refractivity contribution in [3.63, 3.8) is 0 Å². The zero-order valence-corrected chi connectivity index (χ0v) is 25.1. The molecule has 3 fully saturated rings. The minimum Gasteiger partial charge on any atom is -0.444 e. The van der Waals surface area contributed by atoms with E-state index in [1.54, 1.807) is 0 Å². The van der Waals surface area contributed by atoms with Crippen LogP contribution in [0.15, 0.2) is 23.0 Å². The summed E-state index contributed by atoms with van der Waals surface area (Å²) in [5.74, 6) is -0.797. The summed E-state index contributed by atoms with van der Waals surface area (Å²) in [4.78, 5) is 56.5. The summed E-state index contributed by atoms with van der Waals surface area (Å²) >= 11 is 0. The summed E-state index contributed by atoms with van der Waals surface area (Å²) in [5, 5.41) is 11.1. The van der Waals surface area contributed by atoms with Gasteiger partial charge in [-0.25, -0.2) is 9.48 Å². The Hall–Kier alpha value is -3.51. The number of amides is 3. The molecule has 3 aliphatic heterocycles. The number of hydrogen-bond acceptors (Lipinski definition) is 9. The maximum atomic E-state index is 13.2. The number of nitrogens with one attached hydrogen (secondary N) is 2. The van der Waals surface area contributed by atoms with Crippen LogP contribution in [0.1, 0.15) is 58.2 Å². The van der Waals surface area contributed by atoms with Gasteiger partial charge in [-0.15, -0.1) is 0 Å². The molecule has 4 heterocycles. The van der Waals surface area contributed by atoms with Gasteiger partial charge in [-0.05, 0) is 65.2 Å². The molecule has 5 rings (SSSR count). The number of ether oxygens (including phenoxy) is 1. The SMILES string of the molecule is Cc1nn(C2CCC(=O)NC2=O)c(=O)c2ccc(N3CCN(CCN4CCC(NC(=O)OC(C)(C)C)CC4)CC3)cc12. The molecule has 228 valence electrons. The van der Waals surface area contributed by atoms with E-state index in [1.807, 2.05) is 45.9 Å². The smallest absolute Gasteiger partial charge is 0.407 e. The second kappa shape index (κ2) is 12.4. The third-order valence-corrected chi connectivity index (χ3v) is 8.37. The van der Waals surface area contributed by atoms with Crippen LogP contribution >= 0.6 is 0 Å². The number of likely N-dealkylation sites (tertiary alicyclic amines) is 1. The molecule has 0 spiro atoms. The van der Waals surface area contributed by atoms with Gasteiger partial charge in [0.2, 0.25) is 5.91 Å². The quantitative estimate of drug-likeness (QED) is 0.491. The third kappa shape index (κ3) is 7.09. The summed E-state index contributed by atoms with van der Waals surface area (Å²) in [6, 6.07) is 5.23. The predicted molar refractivity (Wildman–Crippen MR) is 160 cm³/mol. The van der Waals surface area contributed by atoms with Crippen molar-refractivity contribution >= 4 is 34.4 Å². The standard InChI is InChI=1S/C30H43N7O5/c1-20-24-19-22(5-6-23(24)28(40)37(33-20)25-7-8-26(38)32-27(25)39)36-17-15-35(16-18-36)14-13-34-11-9-21(10-12-34)31-29(41)42-30(2,3)4/h5-6,19,21,25H,7-18H2,1-4H3,(H,31,41)(H,32,38,39). The Kier molecular flexibility index (Phi) is 8.84. The first kappa shape index (κ1) is 30.0. The molecule has 3 saturated heterocycles. The summed E-state index contributed by atoms with van der Waals surface area (Å²) in [6.07, 6.45) is 2.00. The Bertz CT molecular complexity index is 1380. The highest BCUT2D eigenvalue weighted by Crippen LogP contribution is 2.25. The number of piperazine rings is 1. The normalized spacial score (nSPS) is 21.4. The van der Waals surface area contributed by atoms with E-state index in [1.165, 1.54) is 4.68 Å². The van der Waals surface area contributed by atoms with Gasteiger partial charge in [0.05, 0.1) is 11.1 Å². The number of aromatic nitrogens is 2. The van der Waals surface area contributed by atoms with Crippen LogP contribution in [0.2, 0.25) is 0 Å². The lowest BCUT2D eigenvalue weighted by Gasteiger charge is -2.38. The third-order valence-electron chi connectivity index (χ3n) is 8.37. The fraction of sp³-hybridized carbons (Fsp3) is 0.633. The van der Waals surface area contributed by atoms with Crippen LogP contribution in [0.4, 0.5) is 10.5 Å². The van der Waals surface area contributed by atoms with Crippen LogP contribution in [0, 0.1) is 6.92 Å². The monoisotopic (exact) mass is 581 g/mol. The zero-order valence-electron chi connectivity index (χ0n) is 25.1. The Morgan fingerprint density at radius 3 is 2.29 bits per heavy atom. The van der Waals surface area contributed by atoms with Gasteiger partial charge in [0.1, 0.15) is 11.6 Å². The topological polar surface area (TPSA) is 129 Å². The van der Waals surface area contributed by atoms with Gasteiger partial charge >= 0.3 is 6.09 Å². The predicted octanol–water partition coefficient (Wildman–Crippen LogP) is 1.79. The molecule has 0 bridgehead atoms. The number of piperidine rings is 2. The van der Waals surface area contributed by atoms with Gasteiger partial charge in [-0.2, -0.15) is 5.10 Å². The van der Waals surface area contributed by atoms with Crippen LogP contribution in [-0.2, 0) is 14.3 Å². The molecule has 1 unspecified atom stereocenters. The van der Waals surface area contributed by atoms with Gasteiger partial charge in [0.15, 0.2) is 0 Å². The summed E-state index contributed by atoms with van der Waals surface area (Å²) in [5.41, 5.74) is 0.943. The summed E-state index contributed by atoms with van der Waals surface area (Å²) in [6.45, 7) is 15.2. The molecule has 0 aliphatic carbocycles. The van der Waals surface area contributed by atoms with E-state index in [0.717, 1.165) is 76.3 Å². The zero-order chi connectivity index (χ0) is 30.0. The van der Waals surface area contributed by atoms with Crippen LogP contribution in [-0.4, -0.2) is 101 Å². The lowest BCUT2D eigenvalue weighted by atomic mass is 10.1. The number of anilines is 1. The Balaban J connectivity index is 1.11. The van der Waals surface area contributed by atoms with Gasteiger partial charge in [0, 0.05) is 75.9 Å². The Morgan fingerprint density at radius 2 is 1.64 bits per heavy atom. The van der Waals surface area contributed by atoms with Crippen LogP contribution < -0.4 is 21.1 Å². The number of carbonyl (C=O) groups excluding carboxylic acids is 3. The first-order valence-electron chi connectivity index (χ1n) is 15.0. The van der Waals surface area contributed by atoms with Crippen molar-refractivity contribution in [3.05, 3.63) is 34.2 Å². The summed E-state index contributed by atoms with van der Waals surface area (Å²) < 4.78 is 6.62. The van der Waals surface area contributed by atoms with E-state index in [4.69, 9.17) is 4.74 Å². The number of imide groups is 1. The lowest BCUT2D eigenvalue weighted by Crippen LogP contribution is -2.50. The van der Waals surface area contributed by atoms with E-state index < -0.39 is 17.6 Å². The van der Waals surface area contributed by atoms with Crippen LogP contribution in [0.25, 0.3) is 10.8 Å². The minimum absolute atomic E-state index is 0.167. The number of hydrogen-bond donors (Lipinski definition) is 2. The largest absolute Gasteiger partial charge is 0.444 e. The Labute approximate surface area is 246 Å². The van der Waals surface area contributed by atoms with E-state index in [0.29, 0.717) is 11.1 Å². The van der Waals surface area contributed by atoms with Gasteiger partial charge in [-0.1, -0.05) is 0 Å². The highest BCUT2D eigenvalue weighted by Gasteiger charge is 2.31. The van der Waals surface area contributed by atoms with E-state index >= 15 is 0 Å².